The second kappa shape index (κ2) is 6.82. The Hall–Kier alpha value is -2.03. The SMILES string of the molecule is Cn1cccc1C(=O)N1CCCC[C@H]1CCc1ccccc1. The number of hydrogen-bond donors (Lipinski definition) is 0. The number of likely N-dealkylation sites (tertiary alicyclic amines) is 1. The highest BCUT2D eigenvalue weighted by Gasteiger charge is 2.28. The number of carbonyl (C=O) groups excluding carboxylic acids is 1. The Kier molecular flexibility index (Phi) is 4.62. The minimum absolute atomic E-state index is 0.185. The molecule has 1 aromatic carbocycles. The molecule has 0 N–H and O–H groups in total. The van der Waals surface area contributed by atoms with Crippen molar-refractivity contribution in [3.8, 4) is 0 Å². The molecule has 1 fully saturated rings. The van der Waals surface area contributed by atoms with Crippen LogP contribution < -0.4 is 0 Å². The molecule has 0 spiro atoms. The van der Waals surface area contributed by atoms with Crippen LogP contribution in [-0.4, -0.2) is 28.0 Å². The predicted octanol–water partition coefficient (Wildman–Crippen LogP) is 3.65. The highest BCUT2D eigenvalue weighted by atomic mass is 16.2. The van der Waals surface area contributed by atoms with Gasteiger partial charge in [0.15, 0.2) is 0 Å². The molecule has 22 heavy (non-hydrogen) atoms. The van der Waals surface area contributed by atoms with Crippen LogP contribution >= 0.6 is 0 Å². The Balaban J connectivity index is 1.69. The monoisotopic (exact) mass is 296 g/mol. The lowest BCUT2D eigenvalue weighted by Crippen LogP contribution is -2.44. The van der Waals surface area contributed by atoms with Crippen LogP contribution in [0, 0.1) is 0 Å². The number of hydrogen-bond acceptors (Lipinski definition) is 1. The summed E-state index contributed by atoms with van der Waals surface area (Å²) < 4.78 is 1.92. The van der Waals surface area contributed by atoms with Crippen molar-refractivity contribution in [1.82, 2.24) is 9.47 Å². The number of benzene rings is 1. The molecule has 1 atom stereocenters. The van der Waals surface area contributed by atoms with Gasteiger partial charge in [-0.15, -0.1) is 0 Å². The molecular weight excluding hydrogens is 272 g/mol. The van der Waals surface area contributed by atoms with E-state index in [0.717, 1.165) is 37.9 Å². The molecule has 1 aliphatic heterocycles. The van der Waals surface area contributed by atoms with Gasteiger partial charge < -0.3 is 9.47 Å². The van der Waals surface area contributed by atoms with E-state index in [1.807, 2.05) is 29.9 Å². The average molecular weight is 296 g/mol. The zero-order valence-electron chi connectivity index (χ0n) is 13.2. The number of aryl methyl sites for hydroxylation is 2. The number of amides is 1. The van der Waals surface area contributed by atoms with Crippen LogP contribution in [0.3, 0.4) is 0 Å². The second-order valence-corrected chi connectivity index (χ2v) is 6.18. The lowest BCUT2D eigenvalue weighted by atomic mass is 9.95. The molecule has 0 bridgehead atoms. The Bertz CT molecular complexity index is 617. The fourth-order valence-corrected chi connectivity index (χ4v) is 3.38. The van der Waals surface area contributed by atoms with Gasteiger partial charge in [0, 0.05) is 25.8 Å². The van der Waals surface area contributed by atoms with Crippen LogP contribution in [0.15, 0.2) is 48.7 Å². The van der Waals surface area contributed by atoms with Crippen LogP contribution in [0.5, 0.6) is 0 Å². The molecule has 2 aromatic rings. The number of aromatic nitrogens is 1. The fraction of sp³-hybridized carbons (Fsp3) is 0.421. The van der Waals surface area contributed by atoms with Gasteiger partial charge in [0.25, 0.3) is 5.91 Å². The lowest BCUT2D eigenvalue weighted by Gasteiger charge is -2.36. The fourth-order valence-electron chi connectivity index (χ4n) is 3.38. The summed E-state index contributed by atoms with van der Waals surface area (Å²) in [6, 6.07) is 14.8. The van der Waals surface area contributed by atoms with E-state index in [1.165, 1.54) is 12.0 Å². The first-order valence-corrected chi connectivity index (χ1v) is 8.22. The van der Waals surface area contributed by atoms with E-state index in [9.17, 15) is 4.79 Å². The molecule has 0 saturated carbocycles. The summed E-state index contributed by atoms with van der Waals surface area (Å²) in [4.78, 5) is 14.9. The number of rotatable bonds is 4. The van der Waals surface area contributed by atoms with Gasteiger partial charge in [-0.05, 0) is 49.8 Å². The lowest BCUT2D eigenvalue weighted by molar-refractivity contribution is 0.0592. The van der Waals surface area contributed by atoms with Crippen LogP contribution in [0.4, 0.5) is 0 Å². The zero-order valence-corrected chi connectivity index (χ0v) is 13.2. The van der Waals surface area contributed by atoms with Crippen molar-refractivity contribution in [3.63, 3.8) is 0 Å². The summed E-state index contributed by atoms with van der Waals surface area (Å²) >= 11 is 0. The highest BCUT2D eigenvalue weighted by molar-refractivity contribution is 5.93. The molecule has 0 radical (unpaired) electrons. The molecule has 3 heteroatoms. The Morgan fingerprint density at radius 3 is 2.68 bits per heavy atom. The van der Waals surface area contributed by atoms with Gasteiger partial charge in [-0.3, -0.25) is 4.79 Å². The maximum Gasteiger partial charge on any atom is 0.270 e. The predicted molar refractivity (Wildman–Crippen MR) is 88.9 cm³/mol. The molecule has 1 aromatic heterocycles. The van der Waals surface area contributed by atoms with Crippen LogP contribution in [0.25, 0.3) is 0 Å². The van der Waals surface area contributed by atoms with E-state index < -0.39 is 0 Å². The topological polar surface area (TPSA) is 25.2 Å². The summed E-state index contributed by atoms with van der Waals surface area (Å²) in [5.41, 5.74) is 2.16. The minimum Gasteiger partial charge on any atom is -0.347 e. The highest BCUT2D eigenvalue weighted by Crippen LogP contribution is 2.23. The zero-order chi connectivity index (χ0) is 15.4. The van der Waals surface area contributed by atoms with Crippen molar-refractivity contribution in [2.75, 3.05) is 6.54 Å². The molecule has 3 nitrogen and oxygen atoms in total. The molecule has 2 heterocycles. The van der Waals surface area contributed by atoms with Crippen LogP contribution in [-0.2, 0) is 13.5 Å². The van der Waals surface area contributed by atoms with E-state index in [-0.39, 0.29) is 5.91 Å². The van der Waals surface area contributed by atoms with Gasteiger partial charge in [0.1, 0.15) is 5.69 Å². The normalized spacial score (nSPS) is 18.4. The maximum atomic E-state index is 12.8. The van der Waals surface area contributed by atoms with E-state index >= 15 is 0 Å². The van der Waals surface area contributed by atoms with Crippen molar-refractivity contribution >= 4 is 5.91 Å². The molecule has 0 unspecified atom stereocenters. The molecule has 3 rings (SSSR count). The number of carbonyl (C=O) groups is 1. The summed E-state index contributed by atoms with van der Waals surface area (Å²) in [5, 5.41) is 0. The number of nitrogens with zero attached hydrogens (tertiary/aromatic N) is 2. The quantitative estimate of drug-likeness (QED) is 0.845. The van der Waals surface area contributed by atoms with Gasteiger partial charge in [-0.1, -0.05) is 30.3 Å². The molecule has 1 saturated heterocycles. The third-order valence-electron chi connectivity index (χ3n) is 4.66. The van der Waals surface area contributed by atoms with E-state index in [2.05, 4.69) is 35.2 Å². The van der Waals surface area contributed by atoms with Crippen molar-refractivity contribution < 1.29 is 4.79 Å². The summed E-state index contributed by atoms with van der Waals surface area (Å²) in [6.45, 7) is 0.892. The third kappa shape index (κ3) is 3.24. The molecule has 116 valence electrons. The summed E-state index contributed by atoms with van der Waals surface area (Å²) in [5.74, 6) is 0.185. The second-order valence-electron chi connectivity index (χ2n) is 6.18. The Labute approximate surface area is 132 Å². The van der Waals surface area contributed by atoms with E-state index in [0.29, 0.717) is 6.04 Å². The minimum atomic E-state index is 0.185. The van der Waals surface area contributed by atoms with Crippen LogP contribution in [0.1, 0.15) is 41.7 Å². The summed E-state index contributed by atoms with van der Waals surface area (Å²) in [7, 11) is 1.94. The largest absolute Gasteiger partial charge is 0.347 e. The van der Waals surface area contributed by atoms with Crippen LogP contribution in [0.2, 0.25) is 0 Å². The molecule has 0 aliphatic carbocycles. The molecule has 1 amide bonds. The first-order chi connectivity index (χ1) is 10.8. The van der Waals surface area contributed by atoms with Gasteiger partial charge in [-0.2, -0.15) is 0 Å². The maximum absolute atomic E-state index is 12.8. The third-order valence-corrected chi connectivity index (χ3v) is 4.66. The van der Waals surface area contributed by atoms with Crippen molar-refractivity contribution in [2.45, 2.75) is 38.1 Å². The summed E-state index contributed by atoms with van der Waals surface area (Å²) in [6.07, 6.45) is 7.52. The van der Waals surface area contributed by atoms with Crippen molar-refractivity contribution in [3.05, 3.63) is 59.9 Å². The Morgan fingerprint density at radius 1 is 1.14 bits per heavy atom. The van der Waals surface area contributed by atoms with Gasteiger partial charge >= 0.3 is 0 Å². The van der Waals surface area contributed by atoms with E-state index in [1.54, 1.807) is 0 Å². The van der Waals surface area contributed by atoms with Gasteiger partial charge in [-0.25, -0.2) is 0 Å². The van der Waals surface area contributed by atoms with Gasteiger partial charge in [0.05, 0.1) is 0 Å². The molecule has 1 aliphatic rings. The Morgan fingerprint density at radius 2 is 1.95 bits per heavy atom. The van der Waals surface area contributed by atoms with Gasteiger partial charge in [0.2, 0.25) is 0 Å². The number of piperidine rings is 1. The average Bonchev–Trinajstić information content (AvgIpc) is 2.99. The van der Waals surface area contributed by atoms with Crippen molar-refractivity contribution in [1.29, 1.82) is 0 Å². The van der Waals surface area contributed by atoms with E-state index in [4.69, 9.17) is 0 Å². The molecular formula is C19H24N2O. The standard InChI is InChI=1S/C19H24N2O/c1-20-14-7-11-18(20)19(22)21-15-6-5-10-17(21)13-12-16-8-3-2-4-9-16/h2-4,7-9,11,14,17H,5-6,10,12-13,15H2,1H3/t17-/m0/s1. The first-order valence-electron chi connectivity index (χ1n) is 8.22. The van der Waals surface area contributed by atoms with Crippen molar-refractivity contribution in [2.24, 2.45) is 7.05 Å². The smallest absolute Gasteiger partial charge is 0.270 e. The first kappa shape index (κ1) is 14.9.